The van der Waals surface area contributed by atoms with Crippen LogP contribution >= 0.6 is 0 Å². The van der Waals surface area contributed by atoms with E-state index in [2.05, 4.69) is 25.8 Å². The average Bonchev–Trinajstić information content (AvgIpc) is 2.26. The highest BCUT2D eigenvalue weighted by molar-refractivity contribution is 5.05. The molecule has 4 aliphatic rings. The van der Waals surface area contributed by atoms with E-state index in [1.54, 1.807) is 0 Å². The topological polar surface area (TPSA) is 29.3 Å². The molecule has 104 valence electrons. The lowest BCUT2D eigenvalue weighted by atomic mass is 9.48. The molecule has 2 nitrogen and oxygen atoms in total. The van der Waals surface area contributed by atoms with Crippen molar-refractivity contribution >= 4 is 0 Å². The fourth-order valence-corrected chi connectivity index (χ4v) is 5.35. The van der Waals surface area contributed by atoms with E-state index < -0.39 is 0 Å². The van der Waals surface area contributed by atoms with Gasteiger partial charge in [-0.1, -0.05) is 0 Å². The second-order valence-corrected chi connectivity index (χ2v) is 7.92. The molecule has 0 amide bonds. The molecule has 2 N–H and O–H groups in total. The first-order chi connectivity index (χ1) is 8.48. The second-order valence-electron chi connectivity index (χ2n) is 7.92. The summed E-state index contributed by atoms with van der Waals surface area (Å²) in [6, 6.07) is 1.02. The number of nitrogens with zero attached hydrogens (tertiary/aromatic N) is 1. The Labute approximate surface area is 112 Å². The minimum atomic E-state index is 0.401. The van der Waals surface area contributed by atoms with Crippen LogP contribution in [0.5, 0.6) is 0 Å². The molecule has 0 spiro atoms. The minimum absolute atomic E-state index is 0.401. The predicted molar refractivity (Wildman–Crippen MR) is 76.3 cm³/mol. The first-order valence-corrected chi connectivity index (χ1v) is 7.94. The summed E-state index contributed by atoms with van der Waals surface area (Å²) >= 11 is 0. The molecule has 0 aromatic rings. The summed E-state index contributed by atoms with van der Waals surface area (Å²) in [7, 11) is 2.23. The molecule has 4 bridgehead atoms. The number of nitrogens with two attached hydrogens (primary N) is 1. The van der Waals surface area contributed by atoms with Gasteiger partial charge in [0, 0.05) is 18.6 Å². The van der Waals surface area contributed by atoms with E-state index in [0.717, 1.165) is 24.3 Å². The first kappa shape index (κ1) is 12.9. The quantitative estimate of drug-likeness (QED) is 0.831. The van der Waals surface area contributed by atoms with Gasteiger partial charge in [-0.2, -0.15) is 0 Å². The van der Waals surface area contributed by atoms with Crippen LogP contribution in [0, 0.1) is 23.2 Å². The van der Waals surface area contributed by atoms with Crippen LogP contribution in [0.1, 0.15) is 52.4 Å². The summed E-state index contributed by atoms with van der Waals surface area (Å²) in [4.78, 5) is 2.43. The van der Waals surface area contributed by atoms with Crippen molar-refractivity contribution in [2.24, 2.45) is 28.9 Å². The highest BCUT2D eigenvalue weighted by Crippen LogP contribution is 2.61. The van der Waals surface area contributed by atoms with Crippen molar-refractivity contribution in [1.29, 1.82) is 0 Å². The standard InChI is InChI=1S/C16H30N2/c1-11(2)18(3)10-15(17)16-7-12-4-13(8-16)6-14(5-12)9-16/h11-15H,4-10,17H2,1-3H3. The maximum atomic E-state index is 6.67. The van der Waals surface area contributed by atoms with Gasteiger partial charge in [-0.3, -0.25) is 0 Å². The lowest BCUT2D eigenvalue weighted by Gasteiger charge is -2.59. The van der Waals surface area contributed by atoms with Gasteiger partial charge in [0.1, 0.15) is 0 Å². The van der Waals surface area contributed by atoms with Crippen LogP contribution in [0.2, 0.25) is 0 Å². The van der Waals surface area contributed by atoms with Crippen molar-refractivity contribution in [2.45, 2.75) is 64.5 Å². The van der Waals surface area contributed by atoms with Gasteiger partial charge in [-0.15, -0.1) is 0 Å². The van der Waals surface area contributed by atoms with Gasteiger partial charge < -0.3 is 10.6 Å². The molecule has 2 heteroatoms. The van der Waals surface area contributed by atoms with Crippen LogP contribution in [0.3, 0.4) is 0 Å². The van der Waals surface area contributed by atoms with Crippen molar-refractivity contribution in [3.63, 3.8) is 0 Å². The third kappa shape index (κ3) is 2.12. The zero-order chi connectivity index (χ0) is 12.9. The van der Waals surface area contributed by atoms with Crippen LogP contribution in [0.15, 0.2) is 0 Å². The van der Waals surface area contributed by atoms with E-state index in [1.807, 2.05) is 0 Å². The highest BCUT2D eigenvalue weighted by atomic mass is 15.1. The zero-order valence-electron chi connectivity index (χ0n) is 12.4. The van der Waals surface area contributed by atoms with Crippen LogP contribution < -0.4 is 5.73 Å². The Morgan fingerprint density at radius 3 is 1.89 bits per heavy atom. The SMILES string of the molecule is CC(C)N(C)CC(N)C12CC3CC(CC(C3)C1)C2. The molecule has 0 radical (unpaired) electrons. The molecule has 0 saturated heterocycles. The average molecular weight is 250 g/mol. The normalized spacial score (nSPS) is 44.0. The molecular formula is C16H30N2. The number of hydrogen-bond donors (Lipinski definition) is 1. The Morgan fingerprint density at radius 2 is 1.50 bits per heavy atom. The number of likely N-dealkylation sites (N-methyl/N-ethyl adjacent to an activating group) is 1. The van der Waals surface area contributed by atoms with Crippen LogP contribution in [0.25, 0.3) is 0 Å². The van der Waals surface area contributed by atoms with Gasteiger partial charge in [0.05, 0.1) is 0 Å². The van der Waals surface area contributed by atoms with Gasteiger partial charge in [0.15, 0.2) is 0 Å². The van der Waals surface area contributed by atoms with Gasteiger partial charge in [0.2, 0.25) is 0 Å². The van der Waals surface area contributed by atoms with Crippen LogP contribution in [-0.2, 0) is 0 Å². The molecule has 1 atom stereocenters. The molecule has 0 aliphatic heterocycles. The molecule has 0 aromatic carbocycles. The molecule has 4 aliphatic carbocycles. The summed E-state index contributed by atoms with van der Waals surface area (Å²) in [6.07, 6.45) is 8.87. The van der Waals surface area contributed by atoms with E-state index >= 15 is 0 Å². The van der Waals surface area contributed by atoms with E-state index in [9.17, 15) is 0 Å². The van der Waals surface area contributed by atoms with Crippen molar-refractivity contribution in [3.05, 3.63) is 0 Å². The fraction of sp³-hybridized carbons (Fsp3) is 1.00. The third-order valence-electron chi connectivity index (χ3n) is 6.24. The number of rotatable bonds is 4. The maximum absolute atomic E-state index is 6.67. The Hall–Kier alpha value is -0.0800. The van der Waals surface area contributed by atoms with Crippen molar-refractivity contribution in [1.82, 2.24) is 4.90 Å². The molecule has 18 heavy (non-hydrogen) atoms. The molecule has 0 heterocycles. The largest absolute Gasteiger partial charge is 0.326 e. The Balaban J connectivity index is 1.71. The summed E-state index contributed by atoms with van der Waals surface area (Å²) in [6.45, 7) is 5.63. The lowest BCUT2D eigenvalue weighted by Crippen LogP contribution is -2.57. The summed E-state index contributed by atoms with van der Waals surface area (Å²) in [5, 5.41) is 0. The van der Waals surface area contributed by atoms with Crippen LogP contribution in [0.4, 0.5) is 0 Å². The smallest absolute Gasteiger partial charge is 0.0225 e. The third-order valence-corrected chi connectivity index (χ3v) is 6.24. The molecule has 4 saturated carbocycles. The Bertz CT molecular complexity index is 275. The minimum Gasteiger partial charge on any atom is -0.326 e. The van der Waals surface area contributed by atoms with E-state index in [0.29, 0.717) is 17.5 Å². The van der Waals surface area contributed by atoms with Gasteiger partial charge in [-0.05, 0) is 82.6 Å². The van der Waals surface area contributed by atoms with Crippen molar-refractivity contribution in [3.8, 4) is 0 Å². The lowest BCUT2D eigenvalue weighted by molar-refractivity contribution is -0.0715. The second kappa shape index (κ2) is 4.49. The molecule has 0 aromatic heterocycles. The highest BCUT2D eigenvalue weighted by Gasteiger charge is 2.53. The van der Waals surface area contributed by atoms with Crippen molar-refractivity contribution < 1.29 is 0 Å². The molecule has 1 unspecified atom stereocenters. The number of hydrogen-bond acceptors (Lipinski definition) is 2. The molecule has 4 rings (SSSR count). The maximum Gasteiger partial charge on any atom is 0.0225 e. The predicted octanol–water partition coefficient (Wildman–Crippen LogP) is 2.87. The summed E-state index contributed by atoms with van der Waals surface area (Å²) in [5.41, 5.74) is 7.18. The van der Waals surface area contributed by atoms with E-state index in [1.165, 1.54) is 38.5 Å². The van der Waals surface area contributed by atoms with Crippen molar-refractivity contribution in [2.75, 3.05) is 13.6 Å². The van der Waals surface area contributed by atoms with E-state index in [-0.39, 0.29) is 0 Å². The summed E-state index contributed by atoms with van der Waals surface area (Å²) in [5.74, 6) is 3.06. The van der Waals surface area contributed by atoms with E-state index in [4.69, 9.17) is 5.73 Å². The van der Waals surface area contributed by atoms with Gasteiger partial charge >= 0.3 is 0 Å². The fourth-order valence-electron chi connectivity index (χ4n) is 5.35. The monoisotopic (exact) mass is 250 g/mol. The first-order valence-electron chi connectivity index (χ1n) is 7.94. The molecular weight excluding hydrogens is 220 g/mol. The zero-order valence-corrected chi connectivity index (χ0v) is 12.4. The Kier molecular flexibility index (Phi) is 3.22. The van der Waals surface area contributed by atoms with Gasteiger partial charge in [0.25, 0.3) is 0 Å². The molecule has 4 fully saturated rings. The Morgan fingerprint density at radius 1 is 1.06 bits per heavy atom. The van der Waals surface area contributed by atoms with Gasteiger partial charge in [-0.25, -0.2) is 0 Å². The summed E-state index contributed by atoms with van der Waals surface area (Å²) < 4.78 is 0. The van der Waals surface area contributed by atoms with Crippen LogP contribution in [-0.4, -0.2) is 30.6 Å².